The molecule has 94 valence electrons. The monoisotopic (exact) mass is 228 g/mol. The van der Waals surface area contributed by atoms with Gasteiger partial charge in [-0.15, -0.1) is 0 Å². The molecule has 0 saturated carbocycles. The molecule has 0 aromatic carbocycles. The molecule has 2 unspecified atom stereocenters. The second-order valence-corrected chi connectivity index (χ2v) is 4.94. The van der Waals surface area contributed by atoms with E-state index < -0.39 is 0 Å². The van der Waals surface area contributed by atoms with Gasteiger partial charge in [0.25, 0.3) is 0 Å². The lowest BCUT2D eigenvalue weighted by atomic mass is 9.85. The lowest BCUT2D eigenvalue weighted by Crippen LogP contribution is -2.38. The molecular formula is C12H24N2O2. The largest absolute Gasteiger partial charge is 0.394 e. The fourth-order valence-electron chi connectivity index (χ4n) is 2.20. The van der Waals surface area contributed by atoms with Crippen molar-refractivity contribution in [3.05, 3.63) is 0 Å². The number of piperidine rings is 1. The van der Waals surface area contributed by atoms with E-state index in [9.17, 15) is 4.79 Å². The Morgan fingerprint density at radius 2 is 2.31 bits per heavy atom. The molecule has 1 heterocycles. The van der Waals surface area contributed by atoms with E-state index in [-0.39, 0.29) is 18.6 Å². The summed E-state index contributed by atoms with van der Waals surface area (Å²) in [5, 5.41) is 15.0. The Morgan fingerprint density at radius 3 is 2.88 bits per heavy atom. The van der Waals surface area contributed by atoms with Gasteiger partial charge in [0.2, 0.25) is 5.91 Å². The van der Waals surface area contributed by atoms with E-state index in [1.54, 1.807) is 0 Å². The molecule has 3 N–H and O–H groups in total. The molecule has 0 spiro atoms. The number of carbonyl (C=O) groups excluding carboxylic acids is 1. The Morgan fingerprint density at radius 1 is 1.56 bits per heavy atom. The van der Waals surface area contributed by atoms with Crippen LogP contribution >= 0.6 is 0 Å². The molecular weight excluding hydrogens is 204 g/mol. The number of nitrogens with one attached hydrogen (secondary N) is 2. The fraction of sp³-hybridized carbons (Fsp3) is 0.917. The van der Waals surface area contributed by atoms with Crippen molar-refractivity contribution in [2.24, 2.45) is 11.8 Å². The van der Waals surface area contributed by atoms with Gasteiger partial charge in [0.15, 0.2) is 0 Å². The zero-order valence-corrected chi connectivity index (χ0v) is 10.3. The van der Waals surface area contributed by atoms with Gasteiger partial charge in [-0.05, 0) is 44.7 Å². The summed E-state index contributed by atoms with van der Waals surface area (Å²) in [5.74, 6) is 1.09. The van der Waals surface area contributed by atoms with Crippen LogP contribution in [0.2, 0.25) is 0 Å². The first kappa shape index (κ1) is 13.5. The Kier molecular flexibility index (Phi) is 5.77. The van der Waals surface area contributed by atoms with Crippen LogP contribution in [0.1, 0.15) is 33.1 Å². The maximum absolute atomic E-state index is 11.6. The van der Waals surface area contributed by atoms with Gasteiger partial charge in [-0.2, -0.15) is 0 Å². The predicted octanol–water partition coefficient (Wildman–Crippen LogP) is 0.509. The van der Waals surface area contributed by atoms with Gasteiger partial charge in [-0.3, -0.25) is 4.79 Å². The number of hydrogen-bond acceptors (Lipinski definition) is 3. The molecule has 0 radical (unpaired) electrons. The van der Waals surface area contributed by atoms with Crippen LogP contribution in [0.15, 0.2) is 0 Å². The normalized spacial score (nSPS) is 24.8. The predicted molar refractivity (Wildman–Crippen MR) is 64.1 cm³/mol. The highest BCUT2D eigenvalue weighted by atomic mass is 16.3. The molecule has 3 atom stereocenters. The summed E-state index contributed by atoms with van der Waals surface area (Å²) in [6.45, 7) is 6.09. The van der Waals surface area contributed by atoms with Crippen LogP contribution in [0, 0.1) is 11.8 Å². The maximum Gasteiger partial charge on any atom is 0.220 e. The third kappa shape index (κ3) is 4.49. The second kappa shape index (κ2) is 6.86. The van der Waals surface area contributed by atoms with Gasteiger partial charge in [0, 0.05) is 12.5 Å². The number of hydrogen-bond donors (Lipinski definition) is 3. The third-order valence-corrected chi connectivity index (χ3v) is 3.33. The minimum atomic E-state index is -0.135. The van der Waals surface area contributed by atoms with Crippen molar-refractivity contribution in [3.63, 3.8) is 0 Å². The average Bonchev–Trinajstić information content (AvgIpc) is 2.29. The second-order valence-electron chi connectivity index (χ2n) is 4.94. The van der Waals surface area contributed by atoms with Crippen molar-refractivity contribution in [3.8, 4) is 0 Å². The van der Waals surface area contributed by atoms with E-state index in [0.29, 0.717) is 18.3 Å². The smallest absolute Gasteiger partial charge is 0.220 e. The lowest BCUT2D eigenvalue weighted by Gasteiger charge is -2.28. The van der Waals surface area contributed by atoms with E-state index in [4.69, 9.17) is 5.11 Å². The highest BCUT2D eigenvalue weighted by Crippen LogP contribution is 2.22. The van der Waals surface area contributed by atoms with E-state index in [2.05, 4.69) is 17.6 Å². The van der Waals surface area contributed by atoms with Crippen LogP contribution in [-0.4, -0.2) is 36.8 Å². The highest BCUT2D eigenvalue weighted by molar-refractivity contribution is 5.76. The van der Waals surface area contributed by atoms with Crippen molar-refractivity contribution < 1.29 is 9.90 Å². The van der Waals surface area contributed by atoms with Gasteiger partial charge < -0.3 is 15.7 Å². The summed E-state index contributed by atoms with van der Waals surface area (Å²) in [4.78, 5) is 11.6. The molecule has 1 rings (SSSR count). The number of amides is 1. The molecule has 1 aliphatic heterocycles. The Balaban J connectivity index is 2.26. The lowest BCUT2D eigenvalue weighted by molar-refractivity contribution is -0.123. The van der Waals surface area contributed by atoms with Crippen LogP contribution in [0.5, 0.6) is 0 Å². The Hall–Kier alpha value is -0.610. The van der Waals surface area contributed by atoms with E-state index in [1.807, 2.05) is 6.92 Å². The van der Waals surface area contributed by atoms with Crippen LogP contribution in [0.4, 0.5) is 0 Å². The molecule has 4 nitrogen and oxygen atoms in total. The van der Waals surface area contributed by atoms with Crippen molar-refractivity contribution in [1.29, 1.82) is 0 Å². The molecule has 0 aromatic rings. The quantitative estimate of drug-likeness (QED) is 0.642. The summed E-state index contributed by atoms with van der Waals surface area (Å²) in [6, 6.07) is -0.135. The van der Waals surface area contributed by atoms with Gasteiger partial charge in [0.05, 0.1) is 6.61 Å². The minimum absolute atomic E-state index is 0.00506. The van der Waals surface area contributed by atoms with Crippen LogP contribution in [0.25, 0.3) is 0 Å². The van der Waals surface area contributed by atoms with Crippen LogP contribution in [0.3, 0.4) is 0 Å². The number of rotatable bonds is 5. The molecule has 0 aromatic heterocycles. The molecule has 0 bridgehead atoms. The van der Waals surface area contributed by atoms with Crippen molar-refractivity contribution >= 4 is 5.91 Å². The fourth-order valence-corrected chi connectivity index (χ4v) is 2.20. The number of aliphatic hydroxyl groups is 1. The van der Waals surface area contributed by atoms with Crippen LogP contribution in [-0.2, 0) is 4.79 Å². The zero-order chi connectivity index (χ0) is 12.0. The Labute approximate surface area is 97.8 Å². The summed E-state index contributed by atoms with van der Waals surface area (Å²) < 4.78 is 0. The molecule has 4 heteroatoms. The van der Waals surface area contributed by atoms with E-state index in [0.717, 1.165) is 13.1 Å². The topological polar surface area (TPSA) is 61.4 Å². The summed E-state index contributed by atoms with van der Waals surface area (Å²) in [7, 11) is 0. The summed E-state index contributed by atoms with van der Waals surface area (Å²) >= 11 is 0. The minimum Gasteiger partial charge on any atom is -0.394 e. The van der Waals surface area contributed by atoms with E-state index in [1.165, 1.54) is 12.8 Å². The highest BCUT2D eigenvalue weighted by Gasteiger charge is 2.22. The van der Waals surface area contributed by atoms with E-state index >= 15 is 0 Å². The first-order valence-corrected chi connectivity index (χ1v) is 6.24. The van der Waals surface area contributed by atoms with Gasteiger partial charge in [-0.25, -0.2) is 0 Å². The maximum atomic E-state index is 11.6. The summed E-state index contributed by atoms with van der Waals surface area (Å²) in [5.41, 5.74) is 0. The first-order chi connectivity index (χ1) is 7.63. The van der Waals surface area contributed by atoms with Gasteiger partial charge in [-0.1, -0.05) is 6.92 Å². The standard InChI is InChI=1S/C12H24N2O2/c1-9(11-4-3-5-13-7-11)6-12(16)14-10(2)8-15/h9-11,13,15H,3-8H2,1-2H3,(H,14,16)/t9?,10-,11?/m0/s1. The van der Waals surface area contributed by atoms with Gasteiger partial charge >= 0.3 is 0 Å². The molecule has 1 aliphatic rings. The molecule has 1 fully saturated rings. The molecule has 0 aliphatic carbocycles. The van der Waals surface area contributed by atoms with Crippen molar-refractivity contribution in [2.75, 3.05) is 19.7 Å². The summed E-state index contributed by atoms with van der Waals surface area (Å²) in [6.07, 6.45) is 3.00. The van der Waals surface area contributed by atoms with Gasteiger partial charge in [0.1, 0.15) is 0 Å². The molecule has 1 amide bonds. The zero-order valence-electron chi connectivity index (χ0n) is 10.3. The number of aliphatic hydroxyl groups excluding tert-OH is 1. The van der Waals surface area contributed by atoms with Crippen molar-refractivity contribution in [2.45, 2.75) is 39.2 Å². The van der Waals surface area contributed by atoms with Crippen molar-refractivity contribution in [1.82, 2.24) is 10.6 Å². The molecule has 1 saturated heterocycles. The average molecular weight is 228 g/mol. The SMILES string of the molecule is CC(CC(=O)N[C@@H](C)CO)C1CCCNC1. The number of carbonyl (C=O) groups is 1. The molecule has 16 heavy (non-hydrogen) atoms. The third-order valence-electron chi connectivity index (χ3n) is 3.33. The Bertz CT molecular complexity index is 215. The van der Waals surface area contributed by atoms with Crippen LogP contribution < -0.4 is 10.6 Å². The first-order valence-electron chi connectivity index (χ1n) is 6.24.